The summed E-state index contributed by atoms with van der Waals surface area (Å²) in [6.07, 6.45) is 0. The van der Waals surface area contributed by atoms with Crippen molar-refractivity contribution in [3.63, 3.8) is 0 Å². The second-order valence-electron chi connectivity index (χ2n) is 4.21. The van der Waals surface area contributed by atoms with Crippen LogP contribution in [-0.2, 0) is 0 Å². The lowest BCUT2D eigenvalue weighted by Crippen LogP contribution is -1.96. The first-order chi connectivity index (χ1) is 9.51. The molecule has 0 saturated heterocycles. The highest BCUT2D eigenvalue weighted by Gasteiger charge is 2.14. The van der Waals surface area contributed by atoms with Crippen molar-refractivity contribution in [3.05, 3.63) is 62.7 Å². The number of anilines is 2. The van der Waals surface area contributed by atoms with Gasteiger partial charge in [-0.3, -0.25) is 10.1 Å². The van der Waals surface area contributed by atoms with E-state index >= 15 is 0 Å². The van der Waals surface area contributed by atoms with Crippen molar-refractivity contribution in [1.82, 2.24) is 0 Å². The Balaban J connectivity index is 2.35. The van der Waals surface area contributed by atoms with E-state index in [1.165, 1.54) is 18.2 Å². The molecule has 2 rings (SSSR count). The number of halogens is 1. The third-order valence-corrected chi connectivity index (χ3v) is 3.03. The molecule has 20 heavy (non-hydrogen) atoms. The summed E-state index contributed by atoms with van der Waals surface area (Å²) in [7, 11) is 0. The zero-order chi connectivity index (χ0) is 14.7. The second kappa shape index (κ2) is 5.59. The predicted molar refractivity (Wildman–Crippen MR) is 77.3 cm³/mol. The number of hydrogen-bond donors (Lipinski definition) is 1. The molecule has 0 aliphatic heterocycles. The fraction of sp³-hybridized carbons (Fsp3) is 0.0714. The van der Waals surface area contributed by atoms with Gasteiger partial charge in [-0.05, 0) is 36.8 Å². The molecule has 0 saturated carbocycles. The van der Waals surface area contributed by atoms with Gasteiger partial charge >= 0.3 is 0 Å². The van der Waals surface area contributed by atoms with Crippen molar-refractivity contribution >= 4 is 28.7 Å². The topological polar surface area (TPSA) is 79.0 Å². The van der Waals surface area contributed by atoms with Crippen molar-refractivity contribution in [1.29, 1.82) is 5.26 Å². The van der Waals surface area contributed by atoms with Crippen LogP contribution in [0.4, 0.5) is 17.1 Å². The summed E-state index contributed by atoms with van der Waals surface area (Å²) in [6, 6.07) is 11.6. The van der Waals surface area contributed by atoms with Crippen molar-refractivity contribution < 1.29 is 4.92 Å². The van der Waals surface area contributed by atoms with Gasteiger partial charge in [-0.15, -0.1) is 0 Å². The van der Waals surface area contributed by atoms with Gasteiger partial charge in [-0.25, -0.2) is 0 Å². The first-order valence-electron chi connectivity index (χ1n) is 5.73. The van der Waals surface area contributed by atoms with Gasteiger partial charge in [0, 0.05) is 11.8 Å². The highest BCUT2D eigenvalue weighted by molar-refractivity contribution is 6.33. The Bertz CT molecular complexity index is 723. The van der Waals surface area contributed by atoms with E-state index in [-0.39, 0.29) is 11.3 Å². The summed E-state index contributed by atoms with van der Waals surface area (Å²) in [5.41, 5.74) is 2.06. The number of nitro groups is 1. The lowest BCUT2D eigenvalue weighted by molar-refractivity contribution is -0.385. The van der Waals surface area contributed by atoms with E-state index in [9.17, 15) is 10.1 Å². The van der Waals surface area contributed by atoms with E-state index in [0.717, 1.165) is 5.56 Å². The van der Waals surface area contributed by atoms with Gasteiger partial charge in [-0.2, -0.15) is 5.26 Å². The molecule has 0 aromatic heterocycles. The number of hydrogen-bond acceptors (Lipinski definition) is 4. The molecule has 0 aliphatic carbocycles. The SMILES string of the molecule is Cc1ccc(Nc2ccc([N+](=O)[O-])c(C#N)c2)c(Cl)c1. The molecule has 1 N–H and O–H groups in total. The van der Waals surface area contributed by atoms with Gasteiger partial charge in [0.25, 0.3) is 5.69 Å². The molecule has 0 radical (unpaired) electrons. The number of nitrogens with one attached hydrogen (secondary N) is 1. The molecule has 0 unspecified atom stereocenters. The van der Waals surface area contributed by atoms with Crippen LogP contribution in [0.1, 0.15) is 11.1 Å². The van der Waals surface area contributed by atoms with E-state index < -0.39 is 4.92 Å². The highest BCUT2D eigenvalue weighted by atomic mass is 35.5. The maximum Gasteiger partial charge on any atom is 0.287 e. The molecule has 0 heterocycles. The first kappa shape index (κ1) is 13.8. The molecule has 0 bridgehead atoms. The Morgan fingerprint density at radius 2 is 2.05 bits per heavy atom. The van der Waals surface area contributed by atoms with Gasteiger partial charge in [0.05, 0.1) is 15.6 Å². The summed E-state index contributed by atoms with van der Waals surface area (Å²) in [6.45, 7) is 1.93. The molecule has 0 aliphatic rings. The average molecular weight is 288 g/mol. The molecular weight excluding hydrogens is 278 g/mol. The lowest BCUT2D eigenvalue weighted by atomic mass is 10.1. The van der Waals surface area contributed by atoms with Crippen LogP contribution >= 0.6 is 11.6 Å². The maximum atomic E-state index is 10.8. The molecule has 0 atom stereocenters. The van der Waals surface area contributed by atoms with Crippen molar-refractivity contribution in [2.45, 2.75) is 6.92 Å². The molecule has 6 heteroatoms. The fourth-order valence-corrected chi connectivity index (χ4v) is 2.02. The first-order valence-corrected chi connectivity index (χ1v) is 6.11. The minimum Gasteiger partial charge on any atom is -0.354 e. The van der Waals surface area contributed by atoms with Crippen LogP contribution in [0.15, 0.2) is 36.4 Å². The van der Waals surface area contributed by atoms with Gasteiger partial charge in [0.2, 0.25) is 0 Å². The fourth-order valence-electron chi connectivity index (χ4n) is 1.74. The summed E-state index contributed by atoms with van der Waals surface area (Å²) in [4.78, 5) is 10.2. The number of nitriles is 1. The lowest BCUT2D eigenvalue weighted by Gasteiger charge is -2.09. The normalized spacial score (nSPS) is 9.85. The third-order valence-electron chi connectivity index (χ3n) is 2.72. The van der Waals surface area contributed by atoms with E-state index in [1.54, 1.807) is 6.07 Å². The standard InChI is InChI=1S/C14H10ClN3O2/c1-9-2-4-13(12(15)6-9)17-11-3-5-14(18(19)20)10(7-11)8-16/h2-7,17H,1H3. The van der Waals surface area contributed by atoms with Gasteiger partial charge in [-0.1, -0.05) is 17.7 Å². The Hall–Kier alpha value is -2.58. The van der Waals surface area contributed by atoms with E-state index in [4.69, 9.17) is 16.9 Å². The van der Waals surface area contributed by atoms with Crippen LogP contribution < -0.4 is 5.32 Å². The highest BCUT2D eigenvalue weighted by Crippen LogP contribution is 2.28. The summed E-state index contributed by atoms with van der Waals surface area (Å²) in [5, 5.41) is 23.3. The monoisotopic (exact) mass is 287 g/mol. The smallest absolute Gasteiger partial charge is 0.287 e. The van der Waals surface area contributed by atoms with Crippen LogP contribution in [0, 0.1) is 28.4 Å². The number of aryl methyl sites for hydroxylation is 1. The van der Waals surface area contributed by atoms with Gasteiger partial charge in [0.15, 0.2) is 0 Å². The van der Waals surface area contributed by atoms with Crippen molar-refractivity contribution in [2.24, 2.45) is 0 Å². The third kappa shape index (κ3) is 2.87. The molecule has 2 aromatic carbocycles. The Morgan fingerprint density at radius 1 is 1.30 bits per heavy atom. The van der Waals surface area contributed by atoms with Crippen LogP contribution in [0.25, 0.3) is 0 Å². The van der Waals surface area contributed by atoms with Crippen LogP contribution in [0.2, 0.25) is 5.02 Å². The van der Waals surface area contributed by atoms with Gasteiger partial charge < -0.3 is 5.32 Å². The van der Waals surface area contributed by atoms with Crippen LogP contribution in [0.5, 0.6) is 0 Å². The minimum absolute atomic E-state index is 0.00299. The number of nitro benzene ring substituents is 1. The minimum atomic E-state index is -0.582. The number of benzene rings is 2. The predicted octanol–water partition coefficient (Wildman–Crippen LogP) is 4.17. The molecule has 100 valence electrons. The van der Waals surface area contributed by atoms with E-state index in [1.807, 2.05) is 25.1 Å². The van der Waals surface area contributed by atoms with E-state index in [2.05, 4.69) is 5.32 Å². The largest absolute Gasteiger partial charge is 0.354 e. The zero-order valence-electron chi connectivity index (χ0n) is 10.6. The average Bonchev–Trinajstić information content (AvgIpc) is 2.41. The number of nitrogens with zero attached hydrogens (tertiary/aromatic N) is 2. The molecule has 5 nitrogen and oxygen atoms in total. The molecule has 0 spiro atoms. The maximum absolute atomic E-state index is 10.8. The molecular formula is C14H10ClN3O2. The quantitative estimate of drug-likeness (QED) is 0.678. The van der Waals surface area contributed by atoms with Crippen molar-refractivity contribution in [2.75, 3.05) is 5.32 Å². The summed E-state index contributed by atoms with van der Waals surface area (Å²) >= 11 is 6.10. The van der Waals surface area contributed by atoms with Crippen molar-refractivity contribution in [3.8, 4) is 6.07 Å². The molecule has 2 aromatic rings. The van der Waals surface area contributed by atoms with E-state index in [0.29, 0.717) is 16.4 Å². The van der Waals surface area contributed by atoms with Gasteiger partial charge in [0.1, 0.15) is 11.6 Å². The molecule has 0 fully saturated rings. The Kier molecular flexibility index (Phi) is 3.87. The molecule has 0 amide bonds. The van der Waals surface area contributed by atoms with Crippen LogP contribution in [-0.4, -0.2) is 4.92 Å². The van der Waals surface area contributed by atoms with Crippen LogP contribution in [0.3, 0.4) is 0 Å². The summed E-state index contributed by atoms with van der Waals surface area (Å²) < 4.78 is 0. The second-order valence-corrected chi connectivity index (χ2v) is 4.62. The Labute approximate surface area is 120 Å². The zero-order valence-corrected chi connectivity index (χ0v) is 11.3. The number of rotatable bonds is 3. The summed E-state index contributed by atoms with van der Waals surface area (Å²) in [5.74, 6) is 0. The Morgan fingerprint density at radius 3 is 2.65 bits per heavy atom.